The van der Waals surface area contributed by atoms with Crippen LogP contribution in [0.3, 0.4) is 0 Å². The predicted molar refractivity (Wildman–Crippen MR) is 103 cm³/mol. The smallest absolute Gasteiger partial charge is 0.330 e. The zero-order valence-electron chi connectivity index (χ0n) is 14.8. The van der Waals surface area contributed by atoms with Crippen LogP contribution in [-0.2, 0) is 16.0 Å². The summed E-state index contributed by atoms with van der Waals surface area (Å²) in [4.78, 5) is 11.1. The maximum Gasteiger partial charge on any atom is 0.330 e. The number of hydrogen-bond acceptors (Lipinski definition) is 4. The van der Waals surface area contributed by atoms with Gasteiger partial charge in [-0.3, -0.25) is 0 Å². The number of fused-ring (bicyclic) bond motifs is 2. The van der Waals surface area contributed by atoms with Crippen LogP contribution in [-0.4, -0.2) is 30.4 Å². The average molecular weight is 350 g/mol. The number of aliphatic hydroxyl groups excluding tert-OH is 1. The molecule has 0 aliphatic carbocycles. The van der Waals surface area contributed by atoms with Crippen LogP contribution in [0, 0.1) is 0 Å². The first kappa shape index (κ1) is 18.0. The fraction of sp³-hybridized carbons (Fsp3) is 0.227. The maximum absolute atomic E-state index is 11.1. The first-order valence-corrected chi connectivity index (χ1v) is 8.67. The molecule has 3 aromatic rings. The highest BCUT2D eigenvalue weighted by atomic mass is 16.5. The van der Waals surface area contributed by atoms with Crippen molar-refractivity contribution in [1.82, 2.24) is 0 Å². The second-order valence-electron chi connectivity index (χ2n) is 6.09. The molecular weight excluding hydrogens is 328 g/mol. The molecule has 0 aliphatic heterocycles. The highest BCUT2D eigenvalue weighted by molar-refractivity contribution is 6.06. The Morgan fingerprint density at radius 2 is 1.92 bits per heavy atom. The highest BCUT2D eigenvalue weighted by Gasteiger charge is 2.14. The molecule has 0 bridgehead atoms. The molecular formula is C22H22O4. The van der Waals surface area contributed by atoms with Gasteiger partial charge in [0.2, 0.25) is 0 Å². The molecule has 1 N–H and O–H groups in total. The maximum atomic E-state index is 11.1. The fourth-order valence-corrected chi connectivity index (χ4v) is 3.06. The Kier molecular flexibility index (Phi) is 5.54. The quantitative estimate of drug-likeness (QED) is 0.397. The van der Waals surface area contributed by atoms with Gasteiger partial charge in [0.05, 0.1) is 0 Å². The molecule has 0 amide bonds. The molecule has 3 aromatic carbocycles. The lowest BCUT2D eigenvalue weighted by molar-refractivity contribution is -0.141. The topological polar surface area (TPSA) is 55.8 Å². The lowest BCUT2D eigenvalue weighted by Gasteiger charge is -2.17. The minimum Gasteiger partial charge on any atom is -0.489 e. The highest BCUT2D eigenvalue weighted by Crippen LogP contribution is 2.37. The van der Waals surface area contributed by atoms with E-state index in [2.05, 4.69) is 31.7 Å². The number of benzene rings is 3. The van der Waals surface area contributed by atoms with Gasteiger partial charge in [-0.2, -0.15) is 0 Å². The summed E-state index contributed by atoms with van der Waals surface area (Å²) in [6, 6.07) is 16.4. The van der Waals surface area contributed by atoms with E-state index in [9.17, 15) is 9.90 Å². The number of esters is 1. The lowest BCUT2D eigenvalue weighted by atomic mass is 9.97. The van der Waals surface area contributed by atoms with E-state index in [1.807, 2.05) is 30.3 Å². The number of ether oxygens (including phenoxy) is 2. The Hall–Kier alpha value is -2.85. The van der Waals surface area contributed by atoms with Gasteiger partial charge in [-0.15, -0.1) is 0 Å². The molecule has 4 nitrogen and oxygen atoms in total. The van der Waals surface area contributed by atoms with Gasteiger partial charge in [0.15, 0.2) is 0 Å². The molecule has 0 heterocycles. The summed E-state index contributed by atoms with van der Waals surface area (Å²) in [6.45, 7) is 5.34. The van der Waals surface area contributed by atoms with Gasteiger partial charge < -0.3 is 14.6 Å². The molecule has 0 saturated heterocycles. The third-order valence-corrected chi connectivity index (χ3v) is 4.31. The van der Waals surface area contributed by atoms with Gasteiger partial charge in [-0.05, 0) is 28.8 Å². The zero-order valence-corrected chi connectivity index (χ0v) is 14.8. The Balaban J connectivity index is 1.96. The number of carbonyl (C=O) groups is 1. The molecule has 0 aliphatic rings. The normalized spacial score (nSPS) is 12.1. The van der Waals surface area contributed by atoms with Crippen LogP contribution in [0.1, 0.15) is 12.5 Å². The van der Waals surface area contributed by atoms with Crippen molar-refractivity contribution >= 4 is 27.5 Å². The number of carbonyl (C=O) groups excluding carboxylic acids is 1. The van der Waals surface area contributed by atoms with E-state index < -0.39 is 12.1 Å². The summed E-state index contributed by atoms with van der Waals surface area (Å²) >= 11 is 0. The molecule has 134 valence electrons. The van der Waals surface area contributed by atoms with Gasteiger partial charge in [0.25, 0.3) is 0 Å². The largest absolute Gasteiger partial charge is 0.489 e. The van der Waals surface area contributed by atoms with E-state index in [1.54, 1.807) is 0 Å². The van der Waals surface area contributed by atoms with Crippen molar-refractivity contribution in [2.45, 2.75) is 19.4 Å². The first-order valence-electron chi connectivity index (χ1n) is 8.67. The van der Waals surface area contributed by atoms with Gasteiger partial charge >= 0.3 is 5.97 Å². The summed E-state index contributed by atoms with van der Waals surface area (Å²) in [6.07, 6.45) is 1.03. The van der Waals surface area contributed by atoms with Crippen LogP contribution in [0.5, 0.6) is 5.75 Å². The van der Waals surface area contributed by atoms with Crippen molar-refractivity contribution in [2.24, 2.45) is 0 Å². The van der Waals surface area contributed by atoms with Crippen LogP contribution in [0.15, 0.2) is 61.2 Å². The molecule has 1 atom stereocenters. The minimum atomic E-state index is -0.915. The van der Waals surface area contributed by atoms with E-state index in [0.29, 0.717) is 0 Å². The molecule has 0 aromatic heterocycles. The van der Waals surface area contributed by atoms with E-state index in [-0.39, 0.29) is 13.2 Å². The summed E-state index contributed by atoms with van der Waals surface area (Å²) in [5.41, 5.74) is 1.19. The van der Waals surface area contributed by atoms with Gasteiger partial charge in [0, 0.05) is 16.8 Å². The number of aliphatic hydroxyl groups is 1. The van der Waals surface area contributed by atoms with Gasteiger partial charge in [-0.25, -0.2) is 4.79 Å². The molecule has 0 radical (unpaired) electrons. The summed E-state index contributed by atoms with van der Waals surface area (Å²) in [5.74, 6) is 0.192. The van der Waals surface area contributed by atoms with Crippen LogP contribution in [0.25, 0.3) is 21.5 Å². The number of aryl methyl sites for hydroxylation is 1. The minimum absolute atomic E-state index is 0.0333. The summed E-state index contributed by atoms with van der Waals surface area (Å²) in [5, 5.41) is 14.3. The van der Waals surface area contributed by atoms with E-state index in [4.69, 9.17) is 9.47 Å². The Morgan fingerprint density at radius 1 is 1.15 bits per heavy atom. The van der Waals surface area contributed by atoms with Crippen molar-refractivity contribution in [3.63, 3.8) is 0 Å². The SMILES string of the molecule is C=CC(=O)OCC(O)COc1c2ccccc2cc2cccc(CC)c12. The second kappa shape index (κ2) is 8.02. The third kappa shape index (κ3) is 3.70. The molecule has 26 heavy (non-hydrogen) atoms. The summed E-state index contributed by atoms with van der Waals surface area (Å²) in [7, 11) is 0. The van der Waals surface area contributed by atoms with Gasteiger partial charge in [-0.1, -0.05) is 56.0 Å². The van der Waals surface area contributed by atoms with Crippen molar-refractivity contribution in [3.05, 3.63) is 66.7 Å². The van der Waals surface area contributed by atoms with E-state index >= 15 is 0 Å². The summed E-state index contributed by atoms with van der Waals surface area (Å²) < 4.78 is 10.9. The Morgan fingerprint density at radius 3 is 2.69 bits per heavy atom. The molecule has 3 rings (SSSR count). The molecule has 0 saturated carbocycles. The number of hydrogen-bond donors (Lipinski definition) is 1. The standard InChI is InChI=1S/C22H22O4/c1-3-15-9-7-10-17-12-16-8-5-6-11-19(16)22(21(15)17)26-14-18(23)13-25-20(24)4-2/h4-12,18,23H,2-3,13-14H2,1H3. The fourth-order valence-electron chi connectivity index (χ4n) is 3.06. The van der Waals surface area contributed by atoms with Crippen molar-refractivity contribution < 1.29 is 19.4 Å². The second-order valence-corrected chi connectivity index (χ2v) is 6.09. The van der Waals surface area contributed by atoms with Crippen LogP contribution >= 0.6 is 0 Å². The van der Waals surface area contributed by atoms with E-state index in [0.717, 1.165) is 39.8 Å². The lowest BCUT2D eigenvalue weighted by Crippen LogP contribution is -2.24. The zero-order chi connectivity index (χ0) is 18.5. The van der Waals surface area contributed by atoms with Crippen LogP contribution in [0.4, 0.5) is 0 Å². The van der Waals surface area contributed by atoms with Crippen LogP contribution in [0.2, 0.25) is 0 Å². The van der Waals surface area contributed by atoms with E-state index in [1.165, 1.54) is 5.56 Å². The van der Waals surface area contributed by atoms with Crippen molar-refractivity contribution in [1.29, 1.82) is 0 Å². The monoisotopic (exact) mass is 350 g/mol. The average Bonchev–Trinajstić information content (AvgIpc) is 2.68. The molecule has 1 unspecified atom stereocenters. The molecule has 4 heteroatoms. The Bertz CT molecular complexity index is 945. The van der Waals surface area contributed by atoms with Crippen molar-refractivity contribution in [2.75, 3.05) is 13.2 Å². The first-order chi connectivity index (χ1) is 12.6. The molecule has 0 fully saturated rings. The van der Waals surface area contributed by atoms with Crippen molar-refractivity contribution in [3.8, 4) is 5.75 Å². The predicted octanol–water partition coefficient (Wildman–Crippen LogP) is 4.02. The van der Waals surface area contributed by atoms with Crippen LogP contribution < -0.4 is 4.74 Å². The Labute approximate surface area is 152 Å². The third-order valence-electron chi connectivity index (χ3n) is 4.31. The van der Waals surface area contributed by atoms with Gasteiger partial charge in [0.1, 0.15) is 25.1 Å². The number of rotatable bonds is 7. The molecule has 0 spiro atoms.